The maximum absolute atomic E-state index is 7.77. The minimum absolute atomic E-state index is 0.00267. The number of hydrogen-bond acceptors (Lipinski definition) is 4. The van der Waals surface area contributed by atoms with Crippen LogP contribution in [0.5, 0.6) is 0 Å². The van der Waals surface area contributed by atoms with Gasteiger partial charge in [-0.05, 0) is 188 Å². The summed E-state index contributed by atoms with van der Waals surface area (Å²) in [6.07, 6.45) is 6.95. The summed E-state index contributed by atoms with van der Waals surface area (Å²) in [5.41, 5.74) is 24.9. The van der Waals surface area contributed by atoms with Crippen molar-refractivity contribution in [1.82, 2.24) is 0 Å². The molecule has 0 spiro atoms. The van der Waals surface area contributed by atoms with E-state index in [0.29, 0.717) is 0 Å². The van der Waals surface area contributed by atoms with Gasteiger partial charge in [0.05, 0.1) is 27.4 Å². The third-order valence-corrected chi connectivity index (χ3v) is 20.9. The molecule has 3 nitrogen and oxygen atoms in total. The van der Waals surface area contributed by atoms with Crippen LogP contribution in [0.25, 0.3) is 42.3 Å². The second kappa shape index (κ2) is 15.1. The Balaban J connectivity index is 1.14. The van der Waals surface area contributed by atoms with Gasteiger partial charge < -0.3 is 14.2 Å². The Kier molecular flexibility index (Phi) is 9.48. The average molecular weight is 987 g/mol. The number of aryl methyl sites for hydroxylation is 1. The van der Waals surface area contributed by atoms with Gasteiger partial charge in [-0.2, -0.15) is 0 Å². The van der Waals surface area contributed by atoms with Crippen LogP contribution in [-0.4, -0.2) is 6.71 Å². The molecule has 0 unspecified atom stereocenters. The van der Waals surface area contributed by atoms with E-state index in [1.807, 2.05) is 11.3 Å². The Morgan fingerprint density at radius 3 is 1.68 bits per heavy atom. The third kappa shape index (κ3) is 6.44. The van der Waals surface area contributed by atoms with Gasteiger partial charge in [-0.15, -0.1) is 11.3 Å². The van der Waals surface area contributed by atoms with Crippen molar-refractivity contribution in [3.05, 3.63) is 160 Å². The Bertz CT molecular complexity index is 3900. The highest BCUT2D eigenvalue weighted by atomic mass is 32.1. The van der Waals surface area contributed by atoms with Crippen molar-refractivity contribution in [2.75, 3.05) is 9.80 Å². The van der Waals surface area contributed by atoms with Crippen LogP contribution in [0.1, 0.15) is 161 Å². The van der Waals surface area contributed by atoms with Crippen LogP contribution in [0.15, 0.2) is 126 Å². The molecule has 9 aromatic rings. The minimum atomic E-state index is -0.153. The number of furan rings is 1. The summed E-state index contributed by atoms with van der Waals surface area (Å²) in [6.45, 7) is 31.7. The summed E-state index contributed by atoms with van der Waals surface area (Å²) in [5, 5.41) is 3.84. The first kappa shape index (κ1) is 46.5. The summed E-state index contributed by atoms with van der Waals surface area (Å²) >= 11 is 1.95. The number of anilines is 6. The molecule has 74 heavy (non-hydrogen) atoms. The number of benzene rings is 7. The van der Waals surface area contributed by atoms with Crippen LogP contribution in [-0.2, 0) is 32.5 Å². The summed E-state index contributed by atoms with van der Waals surface area (Å²) in [5.74, 6) is 0. The molecule has 5 aliphatic rings. The fourth-order valence-electron chi connectivity index (χ4n) is 14.8. The van der Waals surface area contributed by atoms with E-state index < -0.39 is 0 Å². The molecule has 14 rings (SSSR count). The molecule has 5 heteroatoms. The molecule has 7 aromatic carbocycles. The molecule has 0 atom stereocenters. The second-order valence-corrected chi connectivity index (χ2v) is 28.4. The van der Waals surface area contributed by atoms with E-state index >= 15 is 0 Å². The molecule has 0 saturated heterocycles. The zero-order chi connectivity index (χ0) is 51.4. The molecule has 0 fully saturated rings. The zero-order valence-electron chi connectivity index (χ0n) is 46.1. The van der Waals surface area contributed by atoms with Gasteiger partial charge in [0.1, 0.15) is 5.58 Å². The Labute approximate surface area is 444 Å². The fourth-order valence-corrected chi connectivity index (χ4v) is 16.1. The molecule has 2 aromatic heterocycles. The standard InChI is InChI=1S/C69H71BN2OS/c1-40-33-55-59-56(34-40)72(54-38-51-49(66(6,7)29-31-68(51,10)11)36-45(54)41-19-15-14-16-20-41)61-53(26-24-44-43-21-17-18-22-58(43)74-62(44)61)70(59)63-60(46-37-50-52(39-57(46)73-63)69(12,13)32-30-67(50,8)9)71(55)42-23-25-47-48(35-42)65(4,5)28-27-64(47,2)3/h14-26,33-39H,27-32H2,1-13H3. The molecule has 0 radical (unpaired) electrons. The van der Waals surface area contributed by atoms with Crippen molar-refractivity contribution in [1.29, 1.82) is 0 Å². The van der Waals surface area contributed by atoms with Crippen molar-refractivity contribution < 1.29 is 4.42 Å². The molecule has 3 aliphatic carbocycles. The van der Waals surface area contributed by atoms with Gasteiger partial charge in [-0.3, -0.25) is 0 Å². The molecular formula is C69H71BN2OS. The van der Waals surface area contributed by atoms with Crippen LogP contribution < -0.4 is 26.4 Å². The van der Waals surface area contributed by atoms with E-state index in [4.69, 9.17) is 4.42 Å². The molecule has 0 amide bonds. The molecule has 372 valence electrons. The zero-order valence-corrected chi connectivity index (χ0v) is 46.9. The minimum Gasteiger partial charge on any atom is -0.468 e. The smallest absolute Gasteiger partial charge is 0.297 e. The summed E-state index contributed by atoms with van der Waals surface area (Å²) in [7, 11) is 0. The molecule has 2 aliphatic heterocycles. The largest absolute Gasteiger partial charge is 0.468 e. The lowest BCUT2D eigenvalue weighted by molar-refractivity contribution is 0.332. The third-order valence-electron chi connectivity index (χ3n) is 19.7. The maximum Gasteiger partial charge on any atom is 0.297 e. The van der Waals surface area contributed by atoms with E-state index in [1.54, 1.807) is 0 Å². The van der Waals surface area contributed by atoms with Crippen molar-refractivity contribution in [2.24, 2.45) is 0 Å². The van der Waals surface area contributed by atoms with Crippen molar-refractivity contribution in [2.45, 2.75) is 161 Å². The first-order valence-corrected chi connectivity index (χ1v) is 28.6. The van der Waals surface area contributed by atoms with E-state index in [2.05, 4.69) is 221 Å². The highest BCUT2D eigenvalue weighted by Crippen LogP contribution is 2.57. The predicted octanol–water partition coefficient (Wildman–Crippen LogP) is 17.9. The van der Waals surface area contributed by atoms with Crippen molar-refractivity contribution >= 4 is 99.9 Å². The number of hydrogen-bond donors (Lipinski definition) is 0. The lowest BCUT2D eigenvalue weighted by Gasteiger charge is -2.46. The van der Waals surface area contributed by atoms with E-state index in [0.717, 1.165) is 43.3 Å². The first-order valence-electron chi connectivity index (χ1n) is 27.7. The Hall–Kier alpha value is -6.04. The molecular weight excluding hydrogens is 916 g/mol. The van der Waals surface area contributed by atoms with Gasteiger partial charge in [0.25, 0.3) is 6.71 Å². The predicted molar refractivity (Wildman–Crippen MR) is 319 cm³/mol. The Morgan fingerprint density at radius 2 is 1.01 bits per heavy atom. The molecule has 0 bridgehead atoms. The first-order chi connectivity index (χ1) is 35.0. The van der Waals surface area contributed by atoms with E-state index in [9.17, 15) is 0 Å². The maximum atomic E-state index is 7.77. The van der Waals surface area contributed by atoms with E-state index in [-0.39, 0.29) is 39.2 Å². The van der Waals surface area contributed by atoms with Gasteiger partial charge in [0.2, 0.25) is 0 Å². The topological polar surface area (TPSA) is 19.6 Å². The highest BCUT2D eigenvalue weighted by molar-refractivity contribution is 7.26. The number of nitrogens with zero attached hydrogens (tertiary/aromatic N) is 2. The van der Waals surface area contributed by atoms with Gasteiger partial charge in [0, 0.05) is 43.5 Å². The van der Waals surface area contributed by atoms with Gasteiger partial charge in [0.15, 0.2) is 0 Å². The normalized spacial score (nSPS) is 19.9. The van der Waals surface area contributed by atoms with E-state index in [1.165, 1.54) is 127 Å². The lowest BCUT2D eigenvalue weighted by Crippen LogP contribution is -2.61. The van der Waals surface area contributed by atoms with Crippen molar-refractivity contribution in [3.63, 3.8) is 0 Å². The van der Waals surface area contributed by atoms with Crippen LogP contribution in [0.4, 0.5) is 34.1 Å². The van der Waals surface area contributed by atoms with Gasteiger partial charge >= 0.3 is 0 Å². The monoisotopic (exact) mass is 987 g/mol. The number of rotatable bonds is 3. The average Bonchev–Trinajstić information content (AvgIpc) is 3.98. The number of thiophene rings is 1. The molecule has 4 heterocycles. The highest BCUT2D eigenvalue weighted by Gasteiger charge is 2.50. The van der Waals surface area contributed by atoms with Crippen LogP contribution in [0, 0.1) is 6.92 Å². The van der Waals surface area contributed by atoms with Crippen LogP contribution in [0.2, 0.25) is 0 Å². The molecule has 0 saturated carbocycles. The van der Waals surface area contributed by atoms with Crippen LogP contribution >= 0.6 is 11.3 Å². The molecule has 0 N–H and O–H groups in total. The summed E-state index contributed by atoms with van der Waals surface area (Å²) in [6, 6.07) is 48.0. The van der Waals surface area contributed by atoms with Gasteiger partial charge in [-0.1, -0.05) is 150 Å². The fraction of sp³-hybridized carbons (Fsp3) is 0.362. The summed E-state index contributed by atoms with van der Waals surface area (Å²) < 4.78 is 10.4. The Morgan fingerprint density at radius 1 is 0.459 bits per heavy atom. The summed E-state index contributed by atoms with van der Waals surface area (Å²) in [4.78, 5) is 5.40. The van der Waals surface area contributed by atoms with Crippen LogP contribution in [0.3, 0.4) is 0 Å². The lowest BCUT2D eigenvalue weighted by atomic mass is 9.35. The second-order valence-electron chi connectivity index (χ2n) is 27.3. The SMILES string of the molecule is Cc1cc2c3c(c1)N(c1cc4c(cc1-c1ccccc1)C(C)(C)CCC4(C)C)c1c(ccc4c1sc1ccccc14)B3c1oc3cc4c(cc3c1N2c1ccc2c(c1)C(C)(C)CCC2(C)C)C(C)(C)CCC4(C)C. The van der Waals surface area contributed by atoms with Crippen molar-refractivity contribution in [3.8, 4) is 11.1 Å². The van der Waals surface area contributed by atoms with Gasteiger partial charge in [-0.25, -0.2) is 0 Å². The number of fused-ring (bicyclic) bond motifs is 13. The quantitative estimate of drug-likeness (QED) is 0.165.